The molecule has 0 radical (unpaired) electrons. The van der Waals surface area contributed by atoms with Crippen molar-refractivity contribution < 1.29 is 19.1 Å². The number of ether oxygens (including phenoxy) is 2. The normalized spacial score (nSPS) is 13.3. The Morgan fingerprint density at radius 1 is 1.17 bits per heavy atom. The molecule has 0 saturated carbocycles. The van der Waals surface area contributed by atoms with E-state index in [1.165, 1.54) is 6.92 Å². The number of carbonyl (C=O) groups excluding carboxylic acids is 2. The summed E-state index contributed by atoms with van der Waals surface area (Å²) in [6, 6.07) is 10.6. The van der Waals surface area contributed by atoms with Crippen molar-refractivity contribution in [2.24, 2.45) is 0 Å². The number of urea groups is 1. The highest BCUT2D eigenvalue weighted by atomic mass is 35.5. The van der Waals surface area contributed by atoms with E-state index in [4.69, 9.17) is 21.1 Å². The fourth-order valence-corrected chi connectivity index (χ4v) is 3.34. The molecule has 8 heteroatoms. The summed E-state index contributed by atoms with van der Waals surface area (Å²) in [6.07, 6.45) is 0.607. The van der Waals surface area contributed by atoms with E-state index in [-0.39, 0.29) is 18.0 Å². The van der Waals surface area contributed by atoms with Crippen LogP contribution in [0.1, 0.15) is 31.0 Å². The van der Waals surface area contributed by atoms with Crippen LogP contribution in [0.5, 0.6) is 11.5 Å². The number of anilines is 1. The molecule has 0 aliphatic carbocycles. The number of hydrogen-bond donors (Lipinski definition) is 3. The lowest BCUT2D eigenvalue weighted by molar-refractivity contribution is -0.114. The summed E-state index contributed by atoms with van der Waals surface area (Å²) in [6.45, 7) is 4.76. The average Bonchev–Trinajstić information content (AvgIpc) is 2.68. The predicted octanol–water partition coefficient (Wildman–Crippen LogP) is 3.67. The largest absolute Gasteiger partial charge is 0.486 e. The highest BCUT2D eigenvalue weighted by Gasteiger charge is 2.17. The quantitative estimate of drug-likeness (QED) is 0.669. The molecule has 2 aromatic carbocycles. The van der Waals surface area contributed by atoms with Crippen molar-refractivity contribution >= 4 is 29.2 Å². The maximum atomic E-state index is 12.2. The number of halogens is 1. The standard InChI is InChI=1S/C21H24ClN3O4/c1-13(16-4-3-5-17(12-16)25-14(2)26)24-21(27)23-7-6-15-10-18(22)20-19(11-15)28-8-9-29-20/h3-5,10-13H,6-9H2,1-2H3,(H,25,26)(H2,23,24,27). The first kappa shape index (κ1) is 20.8. The van der Waals surface area contributed by atoms with Crippen molar-refractivity contribution in [3.05, 3.63) is 52.5 Å². The molecule has 0 bridgehead atoms. The fraction of sp³-hybridized carbons (Fsp3) is 0.333. The van der Waals surface area contributed by atoms with Gasteiger partial charge in [-0.3, -0.25) is 4.79 Å². The third-order valence-electron chi connectivity index (χ3n) is 4.41. The molecule has 0 saturated heterocycles. The van der Waals surface area contributed by atoms with E-state index in [9.17, 15) is 9.59 Å². The second kappa shape index (κ2) is 9.52. The van der Waals surface area contributed by atoms with Gasteiger partial charge in [-0.15, -0.1) is 0 Å². The van der Waals surface area contributed by atoms with Crippen LogP contribution in [0.3, 0.4) is 0 Å². The van der Waals surface area contributed by atoms with Crippen molar-refractivity contribution in [1.29, 1.82) is 0 Å². The molecule has 7 nitrogen and oxygen atoms in total. The second-order valence-electron chi connectivity index (χ2n) is 6.78. The van der Waals surface area contributed by atoms with Gasteiger partial charge in [-0.2, -0.15) is 0 Å². The maximum Gasteiger partial charge on any atom is 0.315 e. The van der Waals surface area contributed by atoms with Gasteiger partial charge >= 0.3 is 6.03 Å². The lowest BCUT2D eigenvalue weighted by Gasteiger charge is -2.20. The van der Waals surface area contributed by atoms with E-state index < -0.39 is 0 Å². The first-order valence-corrected chi connectivity index (χ1v) is 9.80. The van der Waals surface area contributed by atoms with E-state index in [2.05, 4.69) is 16.0 Å². The maximum absolute atomic E-state index is 12.2. The summed E-state index contributed by atoms with van der Waals surface area (Å²) < 4.78 is 11.1. The molecule has 1 unspecified atom stereocenters. The zero-order valence-corrected chi connectivity index (χ0v) is 17.1. The van der Waals surface area contributed by atoms with E-state index in [0.717, 1.165) is 11.1 Å². The summed E-state index contributed by atoms with van der Waals surface area (Å²) in [5.41, 5.74) is 2.54. The average molecular weight is 418 g/mol. The Balaban J connectivity index is 1.50. The van der Waals surface area contributed by atoms with Crippen molar-refractivity contribution in [1.82, 2.24) is 10.6 Å². The van der Waals surface area contributed by atoms with Gasteiger partial charge in [0.2, 0.25) is 5.91 Å². The summed E-state index contributed by atoms with van der Waals surface area (Å²) in [7, 11) is 0. The van der Waals surface area contributed by atoms with Crippen LogP contribution in [0.25, 0.3) is 0 Å². The lowest BCUT2D eigenvalue weighted by atomic mass is 10.1. The topological polar surface area (TPSA) is 88.7 Å². The third kappa shape index (κ3) is 5.77. The van der Waals surface area contributed by atoms with Crippen LogP contribution in [-0.4, -0.2) is 31.7 Å². The smallest absolute Gasteiger partial charge is 0.315 e. The number of nitrogens with one attached hydrogen (secondary N) is 3. The van der Waals surface area contributed by atoms with Crippen molar-refractivity contribution in [2.75, 3.05) is 25.1 Å². The number of carbonyl (C=O) groups is 2. The van der Waals surface area contributed by atoms with Gasteiger partial charge in [0, 0.05) is 19.2 Å². The van der Waals surface area contributed by atoms with Gasteiger partial charge in [0.1, 0.15) is 13.2 Å². The molecule has 154 valence electrons. The van der Waals surface area contributed by atoms with Gasteiger partial charge in [-0.1, -0.05) is 23.7 Å². The van der Waals surface area contributed by atoms with Crippen LogP contribution in [0.2, 0.25) is 5.02 Å². The molecule has 1 aliphatic rings. The zero-order chi connectivity index (χ0) is 20.8. The molecule has 0 fully saturated rings. The minimum atomic E-state index is -0.272. The summed E-state index contributed by atoms with van der Waals surface area (Å²) in [4.78, 5) is 23.4. The third-order valence-corrected chi connectivity index (χ3v) is 4.69. The van der Waals surface area contributed by atoms with Gasteiger partial charge in [-0.25, -0.2) is 4.79 Å². The Labute approximate surface area is 174 Å². The Morgan fingerprint density at radius 3 is 2.76 bits per heavy atom. The van der Waals surface area contributed by atoms with Crippen LogP contribution < -0.4 is 25.4 Å². The molecule has 0 spiro atoms. The van der Waals surface area contributed by atoms with Crippen molar-refractivity contribution in [2.45, 2.75) is 26.3 Å². The van der Waals surface area contributed by atoms with Crippen molar-refractivity contribution in [3.63, 3.8) is 0 Å². The van der Waals surface area contributed by atoms with E-state index in [1.54, 1.807) is 6.07 Å². The molecular formula is C21H24ClN3O4. The van der Waals surface area contributed by atoms with Crippen LogP contribution in [0.15, 0.2) is 36.4 Å². The number of benzene rings is 2. The fourth-order valence-electron chi connectivity index (χ4n) is 3.05. The highest BCUT2D eigenvalue weighted by Crippen LogP contribution is 2.38. The molecular weight excluding hydrogens is 394 g/mol. The lowest BCUT2D eigenvalue weighted by Crippen LogP contribution is -2.38. The predicted molar refractivity (Wildman–Crippen MR) is 112 cm³/mol. The minimum absolute atomic E-state index is 0.139. The first-order valence-electron chi connectivity index (χ1n) is 9.42. The van der Waals surface area contributed by atoms with E-state index >= 15 is 0 Å². The van der Waals surface area contributed by atoms with Gasteiger partial charge in [0.25, 0.3) is 0 Å². The van der Waals surface area contributed by atoms with E-state index in [0.29, 0.717) is 48.4 Å². The van der Waals surface area contributed by atoms with Crippen LogP contribution in [0.4, 0.5) is 10.5 Å². The van der Waals surface area contributed by atoms with Gasteiger partial charge < -0.3 is 25.4 Å². The number of fused-ring (bicyclic) bond motifs is 1. The second-order valence-corrected chi connectivity index (χ2v) is 7.19. The summed E-state index contributed by atoms with van der Waals surface area (Å²) >= 11 is 6.24. The van der Waals surface area contributed by atoms with Crippen LogP contribution in [-0.2, 0) is 11.2 Å². The number of rotatable bonds is 6. The molecule has 3 N–H and O–H groups in total. The van der Waals surface area contributed by atoms with E-state index in [1.807, 2.05) is 37.3 Å². The molecule has 3 rings (SSSR count). The SMILES string of the molecule is CC(=O)Nc1cccc(C(C)NC(=O)NCCc2cc(Cl)c3c(c2)OCCO3)c1. The minimum Gasteiger partial charge on any atom is -0.486 e. The molecule has 1 atom stereocenters. The Hall–Kier alpha value is -2.93. The number of hydrogen-bond acceptors (Lipinski definition) is 4. The molecule has 3 amide bonds. The number of amides is 3. The van der Waals surface area contributed by atoms with Crippen molar-refractivity contribution in [3.8, 4) is 11.5 Å². The highest BCUT2D eigenvalue weighted by molar-refractivity contribution is 6.32. The monoisotopic (exact) mass is 417 g/mol. The molecule has 29 heavy (non-hydrogen) atoms. The summed E-state index contributed by atoms with van der Waals surface area (Å²) in [5.74, 6) is 1.07. The Bertz CT molecular complexity index is 903. The van der Waals surface area contributed by atoms with Gasteiger partial charge in [0.15, 0.2) is 11.5 Å². The van der Waals surface area contributed by atoms with Gasteiger partial charge in [0.05, 0.1) is 11.1 Å². The van der Waals surface area contributed by atoms with Crippen LogP contribution >= 0.6 is 11.6 Å². The Kier molecular flexibility index (Phi) is 6.82. The summed E-state index contributed by atoms with van der Waals surface area (Å²) in [5, 5.41) is 8.98. The Morgan fingerprint density at radius 2 is 1.97 bits per heavy atom. The first-order chi connectivity index (χ1) is 13.9. The van der Waals surface area contributed by atoms with Gasteiger partial charge in [-0.05, 0) is 48.7 Å². The molecule has 1 heterocycles. The molecule has 1 aliphatic heterocycles. The zero-order valence-electron chi connectivity index (χ0n) is 16.4. The molecule has 2 aromatic rings. The van der Waals surface area contributed by atoms with Crippen LogP contribution in [0, 0.1) is 0 Å². The molecule has 0 aromatic heterocycles.